The van der Waals surface area contributed by atoms with E-state index in [1.165, 1.54) is 4.57 Å². The zero-order valence-electron chi connectivity index (χ0n) is 13.9. The van der Waals surface area contributed by atoms with Crippen LogP contribution in [0.1, 0.15) is 25.3 Å². The first-order valence-corrected chi connectivity index (χ1v) is 8.57. The van der Waals surface area contributed by atoms with Crippen LogP contribution in [0.2, 0.25) is 0 Å². The maximum Gasteiger partial charge on any atom is 0.419 e. The van der Waals surface area contributed by atoms with Gasteiger partial charge >= 0.3 is 5.76 Å². The van der Waals surface area contributed by atoms with Gasteiger partial charge in [-0.25, -0.2) is 4.79 Å². The molecule has 0 N–H and O–H groups in total. The second-order valence-electron chi connectivity index (χ2n) is 6.36. The van der Waals surface area contributed by atoms with Crippen LogP contribution in [-0.2, 0) is 11.3 Å². The van der Waals surface area contributed by atoms with Crippen LogP contribution in [0, 0.1) is 0 Å². The Morgan fingerprint density at radius 3 is 3.00 bits per heavy atom. The Morgan fingerprint density at radius 1 is 1.28 bits per heavy atom. The smallest absolute Gasteiger partial charge is 0.408 e. The summed E-state index contributed by atoms with van der Waals surface area (Å²) >= 11 is 0. The van der Waals surface area contributed by atoms with Crippen molar-refractivity contribution in [3.8, 4) is 0 Å². The number of likely N-dealkylation sites (tertiary alicyclic amines) is 1. The van der Waals surface area contributed by atoms with Crippen LogP contribution >= 0.6 is 0 Å². The number of carbonyl (C=O) groups is 1. The lowest BCUT2D eigenvalue weighted by Crippen LogP contribution is -2.41. The lowest BCUT2D eigenvalue weighted by molar-refractivity contribution is -0.133. The molecule has 4 rings (SSSR count). The molecule has 1 fully saturated rings. The fourth-order valence-electron chi connectivity index (χ4n) is 3.49. The molecule has 1 aliphatic heterocycles. The first-order chi connectivity index (χ1) is 12.2. The number of aryl methyl sites for hydroxylation is 1. The number of hydrogen-bond acceptors (Lipinski definition) is 4. The van der Waals surface area contributed by atoms with E-state index < -0.39 is 5.76 Å². The molecule has 3 heterocycles. The molecule has 7 heteroatoms. The maximum absolute atomic E-state index is 12.6. The summed E-state index contributed by atoms with van der Waals surface area (Å²) in [5, 5.41) is 4.29. The Kier molecular flexibility index (Phi) is 4.13. The molecule has 0 aliphatic carbocycles. The number of benzene rings is 1. The highest BCUT2D eigenvalue weighted by Crippen LogP contribution is 2.21. The molecule has 3 aromatic rings. The minimum atomic E-state index is -0.415. The number of aromatic nitrogens is 3. The summed E-state index contributed by atoms with van der Waals surface area (Å²) < 4.78 is 8.67. The summed E-state index contributed by atoms with van der Waals surface area (Å²) in [4.78, 5) is 26.5. The second kappa shape index (κ2) is 6.58. The largest absolute Gasteiger partial charge is 0.419 e. The molecule has 1 aliphatic rings. The molecule has 0 saturated carbocycles. The molecule has 0 radical (unpaired) electrons. The van der Waals surface area contributed by atoms with E-state index in [-0.39, 0.29) is 18.4 Å². The quantitative estimate of drug-likeness (QED) is 0.728. The van der Waals surface area contributed by atoms with Crippen LogP contribution in [-0.4, -0.2) is 38.2 Å². The predicted octanol–water partition coefficient (Wildman–Crippen LogP) is 2.04. The molecule has 0 spiro atoms. The van der Waals surface area contributed by atoms with Gasteiger partial charge in [-0.05, 0) is 31.0 Å². The number of rotatable bonds is 4. The van der Waals surface area contributed by atoms with Gasteiger partial charge in [0.15, 0.2) is 5.58 Å². The van der Waals surface area contributed by atoms with E-state index in [0.717, 1.165) is 24.9 Å². The van der Waals surface area contributed by atoms with E-state index in [0.29, 0.717) is 18.7 Å². The van der Waals surface area contributed by atoms with Gasteiger partial charge < -0.3 is 9.32 Å². The lowest BCUT2D eigenvalue weighted by atomic mass is 10.1. The Bertz CT molecular complexity index is 925. The summed E-state index contributed by atoms with van der Waals surface area (Å²) in [6, 6.07) is 9.40. The number of fused-ring (bicyclic) bond motifs is 1. The molecular formula is C18H20N4O3. The van der Waals surface area contributed by atoms with Crippen molar-refractivity contribution in [3.63, 3.8) is 0 Å². The zero-order chi connectivity index (χ0) is 17.2. The highest BCUT2D eigenvalue weighted by molar-refractivity contribution is 5.77. The number of amides is 1. The van der Waals surface area contributed by atoms with Crippen molar-refractivity contribution in [3.05, 3.63) is 53.3 Å². The number of para-hydroxylation sites is 2. The third kappa shape index (κ3) is 3.09. The molecule has 7 nitrogen and oxygen atoms in total. The fourth-order valence-corrected chi connectivity index (χ4v) is 3.49. The molecule has 25 heavy (non-hydrogen) atoms. The van der Waals surface area contributed by atoms with Crippen molar-refractivity contribution in [1.82, 2.24) is 19.2 Å². The molecule has 2 aromatic heterocycles. The van der Waals surface area contributed by atoms with E-state index in [1.807, 2.05) is 40.0 Å². The van der Waals surface area contributed by atoms with E-state index in [9.17, 15) is 9.59 Å². The molecule has 130 valence electrons. The second-order valence-corrected chi connectivity index (χ2v) is 6.36. The fraction of sp³-hybridized carbons (Fsp3) is 0.389. The predicted molar refractivity (Wildman–Crippen MR) is 92.2 cm³/mol. The Labute approximate surface area is 144 Å². The van der Waals surface area contributed by atoms with Gasteiger partial charge in [0.25, 0.3) is 0 Å². The van der Waals surface area contributed by atoms with Crippen molar-refractivity contribution in [2.24, 2.45) is 0 Å². The van der Waals surface area contributed by atoms with E-state index >= 15 is 0 Å². The van der Waals surface area contributed by atoms with Crippen LogP contribution in [0.3, 0.4) is 0 Å². The van der Waals surface area contributed by atoms with Crippen LogP contribution in [0.25, 0.3) is 11.1 Å². The van der Waals surface area contributed by atoms with Crippen LogP contribution in [0.4, 0.5) is 0 Å². The first kappa shape index (κ1) is 15.7. The minimum absolute atomic E-state index is 0.0639. The van der Waals surface area contributed by atoms with E-state index in [4.69, 9.17) is 4.42 Å². The third-order valence-corrected chi connectivity index (χ3v) is 4.77. The summed E-state index contributed by atoms with van der Waals surface area (Å²) in [7, 11) is 0. The zero-order valence-corrected chi connectivity index (χ0v) is 13.9. The van der Waals surface area contributed by atoms with Crippen LogP contribution in [0.15, 0.2) is 51.9 Å². The van der Waals surface area contributed by atoms with Gasteiger partial charge in [0.05, 0.1) is 11.6 Å². The summed E-state index contributed by atoms with van der Waals surface area (Å²) in [5.74, 6) is -0.351. The number of nitrogens with zero attached hydrogens (tertiary/aromatic N) is 4. The highest BCUT2D eigenvalue weighted by atomic mass is 16.4. The van der Waals surface area contributed by atoms with Gasteiger partial charge in [0.2, 0.25) is 5.91 Å². The van der Waals surface area contributed by atoms with Crippen molar-refractivity contribution < 1.29 is 9.21 Å². The third-order valence-electron chi connectivity index (χ3n) is 4.77. The van der Waals surface area contributed by atoms with Crippen molar-refractivity contribution in [2.45, 2.75) is 31.8 Å². The Hall–Kier alpha value is -2.83. The van der Waals surface area contributed by atoms with E-state index in [1.54, 1.807) is 12.3 Å². The number of oxazole rings is 1. The topological polar surface area (TPSA) is 73.3 Å². The van der Waals surface area contributed by atoms with Crippen LogP contribution in [0.5, 0.6) is 0 Å². The van der Waals surface area contributed by atoms with Gasteiger partial charge in [0, 0.05) is 38.4 Å². The van der Waals surface area contributed by atoms with Gasteiger partial charge in [-0.15, -0.1) is 0 Å². The summed E-state index contributed by atoms with van der Waals surface area (Å²) in [6.07, 6.45) is 5.98. The summed E-state index contributed by atoms with van der Waals surface area (Å²) in [5.41, 5.74) is 1.28. The van der Waals surface area contributed by atoms with E-state index in [2.05, 4.69) is 5.10 Å². The van der Waals surface area contributed by atoms with Gasteiger partial charge in [0.1, 0.15) is 0 Å². The van der Waals surface area contributed by atoms with Gasteiger partial charge in [-0.1, -0.05) is 12.1 Å². The SMILES string of the molecule is O=C(CCn1c(=O)oc2ccccc21)N1CCC[C@H](n2cccn2)C1. The first-order valence-electron chi connectivity index (χ1n) is 8.57. The Balaban J connectivity index is 1.43. The maximum atomic E-state index is 12.6. The van der Waals surface area contributed by atoms with Crippen molar-refractivity contribution in [1.29, 1.82) is 0 Å². The molecule has 0 unspecified atom stereocenters. The molecule has 1 amide bonds. The van der Waals surface area contributed by atoms with Gasteiger partial charge in [-0.2, -0.15) is 5.10 Å². The number of carbonyl (C=O) groups excluding carboxylic acids is 1. The highest BCUT2D eigenvalue weighted by Gasteiger charge is 2.25. The average Bonchev–Trinajstić information content (AvgIpc) is 3.27. The molecule has 1 aromatic carbocycles. The van der Waals surface area contributed by atoms with Crippen LogP contribution < -0.4 is 5.76 Å². The molecule has 1 saturated heterocycles. The summed E-state index contributed by atoms with van der Waals surface area (Å²) in [6.45, 7) is 1.76. The van der Waals surface area contributed by atoms with Crippen molar-refractivity contribution in [2.75, 3.05) is 13.1 Å². The monoisotopic (exact) mass is 340 g/mol. The molecule has 0 bridgehead atoms. The number of hydrogen-bond donors (Lipinski definition) is 0. The van der Waals surface area contributed by atoms with Crippen molar-refractivity contribution >= 4 is 17.0 Å². The average molecular weight is 340 g/mol. The standard InChI is InChI=1S/C18H20N4O3/c23-17(20-10-3-5-14(13-20)22-11-4-9-19-22)8-12-21-15-6-1-2-7-16(15)25-18(21)24/h1-2,4,6-7,9,11,14H,3,5,8,10,12-13H2/t14-/m0/s1. The van der Waals surface area contributed by atoms with Gasteiger partial charge in [-0.3, -0.25) is 14.0 Å². The normalized spacial score (nSPS) is 17.9. The lowest BCUT2D eigenvalue weighted by Gasteiger charge is -2.33. The molecule has 1 atom stereocenters. The Morgan fingerprint density at radius 2 is 2.16 bits per heavy atom. The minimum Gasteiger partial charge on any atom is -0.408 e. The molecular weight excluding hydrogens is 320 g/mol. The number of piperidine rings is 1.